The van der Waals surface area contributed by atoms with Crippen LogP contribution in [0.15, 0.2) is 24.3 Å². The van der Waals surface area contributed by atoms with Gasteiger partial charge in [-0.15, -0.1) is 0 Å². The topological polar surface area (TPSA) is 29.5 Å². The molecule has 3 nitrogen and oxygen atoms in total. The number of ether oxygens (including phenoxy) is 1. The first kappa shape index (κ1) is 14.7. The average Bonchev–Trinajstić information content (AvgIpc) is 3.01. The van der Waals surface area contributed by atoms with Gasteiger partial charge in [-0.25, -0.2) is 0 Å². The minimum Gasteiger partial charge on any atom is -0.379 e. The fraction of sp³-hybridized carbons (Fsp3) is 0.611. The maximum atomic E-state index is 13.0. The van der Waals surface area contributed by atoms with E-state index in [0.29, 0.717) is 12.2 Å². The van der Waals surface area contributed by atoms with E-state index in [-0.39, 0.29) is 5.54 Å². The van der Waals surface area contributed by atoms with Crippen LogP contribution >= 0.6 is 0 Å². The SMILES string of the molecule is Cc1ccc(CC(=O)C2(N3CCOCC3)CCCC2)cc1. The van der Waals surface area contributed by atoms with Gasteiger partial charge in [0.05, 0.1) is 18.8 Å². The lowest BCUT2D eigenvalue weighted by atomic mass is 9.85. The first-order valence-corrected chi connectivity index (χ1v) is 8.12. The highest BCUT2D eigenvalue weighted by molar-refractivity contribution is 5.90. The van der Waals surface area contributed by atoms with Crippen molar-refractivity contribution in [2.24, 2.45) is 0 Å². The molecule has 2 fully saturated rings. The molecule has 0 amide bonds. The zero-order valence-corrected chi connectivity index (χ0v) is 12.9. The molecule has 0 bridgehead atoms. The Morgan fingerprint density at radius 1 is 1.14 bits per heavy atom. The molecule has 1 heterocycles. The Morgan fingerprint density at radius 3 is 2.38 bits per heavy atom. The van der Waals surface area contributed by atoms with Gasteiger partial charge in [0.15, 0.2) is 5.78 Å². The molecule has 0 spiro atoms. The van der Waals surface area contributed by atoms with E-state index in [9.17, 15) is 4.79 Å². The number of carbonyl (C=O) groups excluding carboxylic acids is 1. The Hall–Kier alpha value is -1.19. The third kappa shape index (κ3) is 3.04. The Morgan fingerprint density at radius 2 is 1.76 bits per heavy atom. The Balaban J connectivity index is 1.76. The molecule has 1 saturated heterocycles. The molecule has 0 aromatic heterocycles. The van der Waals surface area contributed by atoms with Gasteiger partial charge in [-0.3, -0.25) is 9.69 Å². The molecule has 0 radical (unpaired) electrons. The maximum Gasteiger partial charge on any atom is 0.157 e. The van der Waals surface area contributed by atoms with E-state index >= 15 is 0 Å². The Bertz CT molecular complexity index is 482. The van der Waals surface area contributed by atoms with Gasteiger partial charge in [-0.2, -0.15) is 0 Å². The van der Waals surface area contributed by atoms with E-state index in [1.54, 1.807) is 0 Å². The maximum absolute atomic E-state index is 13.0. The smallest absolute Gasteiger partial charge is 0.157 e. The first-order chi connectivity index (χ1) is 10.2. The molecule has 3 rings (SSSR count). The summed E-state index contributed by atoms with van der Waals surface area (Å²) in [5.74, 6) is 0.408. The summed E-state index contributed by atoms with van der Waals surface area (Å²) in [7, 11) is 0. The molecule has 1 aliphatic heterocycles. The molecule has 21 heavy (non-hydrogen) atoms. The van der Waals surface area contributed by atoms with Crippen LogP contribution in [-0.2, 0) is 16.0 Å². The summed E-state index contributed by atoms with van der Waals surface area (Å²) in [4.78, 5) is 15.4. The van der Waals surface area contributed by atoms with Gasteiger partial charge in [0.25, 0.3) is 0 Å². The van der Waals surface area contributed by atoms with Crippen molar-refractivity contribution in [3.8, 4) is 0 Å². The van der Waals surface area contributed by atoms with Crippen LogP contribution in [0.4, 0.5) is 0 Å². The zero-order chi connectivity index (χ0) is 14.7. The number of hydrogen-bond donors (Lipinski definition) is 0. The predicted octanol–water partition coefficient (Wildman–Crippen LogP) is 2.75. The molecule has 2 aliphatic rings. The van der Waals surface area contributed by atoms with Gasteiger partial charge in [0.1, 0.15) is 0 Å². The van der Waals surface area contributed by atoms with Crippen molar-refractivity contribution in [1.29, 1.82) is 0 Å². The molecule has 1 aromatic rings. The third-order valence-electron chi connectivity index (χ3n) is 5.05. The summed E-state index contributed by atoms with van der Waals surface area (Å²) in [6.07, 6.45) is 4.97. The minimum atomic E-state index is -0.214. The fourth-order valence-electron chi connectivity index (χ4n) is 3.78. The second-order valence-corrected chi connectivity index (χ2v) is 6.42. The molecule has 114 valence electrons. The van der Waals surface area contributed by atoms with Crippen molar-refractivity contribution in [3.63, 3.8) is 0 Å². The van der Waals surface area contributed by atoms with E-state index in [4.69, 9.17) is 4.74 Å². The van der Waals surface area contributed by atoms with Gasteiger partial charge >= 0.3 is 0 Å². The molecule has 1 aliphatic carbocycles. The van der Waals surface area contributed by atoms with Crippen LogP contribution in [0.2, 0.25) is 0 Å². The van der Waals surface area contributed by atoms with Crippen LogP contribution in [0.25, 0.3) is 0 Å². The lowest BCUT2D eigenvalue weighted by molar-refractivity contribution is -0.133. The van der Waals surface area contributed by atoms with E-state index < -0.39 is 0 Å². The highest BCUT2D eigenvalue weighted by atomic mass is 16.5. The van der Waals surface area contributed by atoms with Crippen LogP contribution in [0.5, 0.6) is 0 Å². The number of rotatable bonds is 4. The number of benzene rings is 1. The number of nitrogens with zero attached hydrogens (tertiary/aromatic N) is 1. The number of Topliss-reactive ketones (excluding diaryl/α,β-unsaturated/α-hetero) is 1. The van der Waals surface area contributed by atoms with Crippen molar-refractivity contribution in [2.75, 3.05) is 26.3 Å². The summed E-state index contributed by atoms with van der Waals surface area (Å²) in [5, 5.41) is 0. The average molecular weight is 287 g/mol. The van der Waals surface area contributed by atoms with Gasteiger partial charge < -0.3 is 4.74 Å². The Labute approximate surface area is 127 Å². The summed E-state index contributed by atoms with van der Waals surface area (Å²) in [6, 6.07) is 8.38. The molecular weight excluding hydrogens is 262 g/mol. The molecule has 0 N–H and O–H groups in total. The van der Waals surface area contributed by atoms with Crippen molar-refractivity contribution in [3.05, 3.63) is 35.4 Å². The summed E-state index contributed by atoms with van der Waals surface area (Å²) in [5.41, 5.74) is 2.18. The second kappa shape index (κ2) is 6.29. The summed E-state index contributed by atoms with van der Waals surface area (Å²) < 4.78 is 5.46. The van der Waals surface area contributed by atoms with E-state index in [0.717, 1.165) is 44.7 Å². The highest BCUT2D eigenvalue weighted by Crippen LogP contribution is 2.37. The lowest BCUT2D eigenvalue weighted by Crippen LogP contribution is -2.57. The lowest BCUT2D eigenvalue weighted by Gasteiger charge is -2.42. The quantitative estimate of drug-likeness (QED) is 0.853. The molecule has 1 saturated carbocycles. The van der Waals surface area contributed by atoms with Gasteiger partial charge in [0.2, 0.25) is 0 Å². The third-order valence-corrected chi connectivity index (χ3v) is 5.05. The zero-order valence-electron chi connectivity index (χ0n) is 12.9. The molecule has 1 aromatic carbocycles. The van der Waals surface area contributed by atoms with Crippen LogP contribution < -0.4 is 0 Å². The van der Waals surface area contributed by atoms with Gasteiger partial charge in [-0.05, 0) is 25.3 Å². The second-order valence-electron chi connectivity index (χ2n) is 6.42. The van der Waals surface area contributed by atoms with E-state index in [1.807, 2.05) is 0 Å². The number of morpholine rings is 1. The van der Waals surface area contributed by atoms with Crippen molar-refractivity contribution in [2.45, 2.75) is 44.6 Å². The standard InChI is InChI=1S/C18H25NO2/c1-15-4-6-16(7-5-15)14-17(20)18(8-2-3-9-18)19-10-12-21-13-11-19/h4-7H,2-3,8-14H2,1H3. The van der Waals surface area contributed by atoms with Crippen LogP contribution in [0.1, 0.15) is 36.8 Å². The Kier molecular flexibility index (Phi) is 4.41. The van der Waals surface area contributed by atoms with E-state index in [1.165, 1.54) is 18.4 Å². The summed E-state index contributed by atoms with van der Waals surface area (Å²) >= 11 is 0. The number of hydrogen-bond acceptors (Lipinski definition) is 3. The largest absolute Gasteiger partial charge is 0.379 e. The molecule has 0 atom stereocenters. The van der Waals surface area contributed by atoms with Crippen molar-refractivity contribution in [1.82, 2.24) is 4.90 Å². The normalized spacial score (nSPS) is 22.3. The number of ketones is 1. The van der Waals surface area contributed by atoms with Crippen LogP contribution in [-0.4, -0.2) is 42.5 Å². The number of aryl methyl sites for hydroxylation is 1. The molecular formula is C18H25NO2. The van der Waals surface area contributed by atoms with Gasteiger partial charge in [-0.1, -0.05) is 42.7 Å². The van der Waals surface area contributed by atoms with Crippen LogP contribution in [0, 0.1) is 6.92 Å². The predicted molar refractivity (Wildman–Crippen MR) is 83.5 cm³/mol. The fourth-order valence-corrected chi connectivity index (χ4v) is 3.78. The molecule has 0 unspecified atom stereocenters. The van der Waals surface area contributed by atoms with Crippen LogP contribution in [0.3, 0.4) is 0 Å². The van der Waals surface area contributed by atoms with E-state index in [2.05, 4.69) is 36.1 Å². The number of carbonyl (C=O) groups is 1. The highest BCUT2D eigenvalue weighted by Gasteiger charge is 2.45. The van der Waals surface area contributed by atoms with Crippen molar-refractivity contribution >= 4 is 5.78 Å². The first-order valence-electron chi connectivity index (χ1n) is 8.12. The van der Waals surface area contributed by atoms with Crippen molar-refractivity contribution < 1.29 is 9.53 Å². The van der Waals surface area contributed by atoms with Gasteiger partial charge in [0, 0.05) is 19.5 Å². The minimum absolute atomic E-state index is 0.214. The summed E-state index contributed by atoms with van der Waals surface area (Å²) in [6.45, 7) is 5.41. The monoisotopic (exact) mass is 287 g/mol. The molecule has 3 heteroatoms.